The molecule has 0 aromatic heterocycles. The average Bonchev–Trinajstić information content (AvgIpc) is 2.47. The second-order valence-electron chi connectivity index (χ2n) is 4.03. The maximum atomic E-state index is 12.7. The Kier molecular flexibility index (Phi) is 6.81. The Bertz CT molecular complexity index is 427. The fraction of sp³-hybridized carbons (Fsp3) is 0.400. The van der Waals surface area contributed by atoms with E-state index in [0.29, 0.717) is 25.4 Å². The van der Waals surface area contributed by atoms with E-state index in [-0.39, 0.29) is 5.41 Å². The highest BCUT2D eigenvalue weighted by Gasteiger charge is 2.50. The molecule has 0 bridgehead atoms. The van der Waals surface area contributed by atoms with Crippen LogP contribution in [0.3, 0.4) is 0 Å². The van der Waals surface area contributed by atoms with Crippen molar-refractivity contribution >= 4 is 19.8 Å². The third-order valence-electron chi connectivity index (χ3n) is 2.68. The van der Waals surface area contributed by atoms with Gasteiger partial charge in [-0.15, -0.1) is 0 Å². The van der Waals surface area contributed by atoms with Gasteiger partial charge in [0, 0.05) is 25.4 Å². The molecule has 0 radical (unpaired) electrons. The smallest absolute Gasteiger partial charge is 0.368 e. The van der Waals surface area contributed by atoms with E-state index in [2.05, 4.69) is 6.58 Å². The molecule has 0 unspecified atom stereocenters. The van der Waals surface area contributed by atoms with E-state index < -0.39 is 8.80 Å². The Morgan fingerprint density at radius 2 is 1.45 bits per heavy atom. The summed E-state index contributed by atoms with van der Waals surface area (Å²) in [5, 5.41) is -0.269. The normalized spacial score (nSPS) is 11.3. The second-order valence-corrected chi connectivity index (χ2v) is 6.46. The van der Waals surface area contributed by atoms with E-state index in [1.807, 2.05) is 51.1 Å². The molecule has 1 aromatic carbocycles. The first kappa shape index (κ1) is 16.8. The summed E-state index contributed by atoms with van der Waals surface area (Å²) >= 11 is 0. The lowest BCUT2D eigenvalue weighted by Crippen LogP contribution is -2.54. The number of allylic oxidation sites excluding steroid dienone is 1. The van der Waals surface area contributed by atoms with Crippen LogP contribution in [0.4, 0.5) is 0 Å². The first-order chi connectivity index (χ1) is 9.61. The minimum atomic E-state index is -3.38. The van der Waals surface area contributed by atoms with Crippen molar-refractivity contribution < 1.29 is 18.1 Å². The molecule has 110 valence electrons. The molecule has 1 rings (SSSR count). The van der Waals surface area contributed by atoms with E-state index in [9.17, 15) is 4.79 Å². The topological polar surface area (TPSA) is 44.8 Å². The molecule has 0 aliphatic carbocycles. The van der Waals surface area contributed by atoms with Crippen LogP contribution in [0.5, 0.6) is 0 Å². The van der Waals surface area contributed by atoms with Gasteiger partial charge in [0.1, 0.15) is 0 Å². The molecule has 0 fully saturated rings. The summed E-state index contributed by atoms with van der Waals surface area (Å²) in [7, 11) is -3.38. The van der Waals surface area contributed by atoms with Crippen molar-refractivity contribution in [2.24, 2.45) is 0 Å². The Hall–Kier alpha value is -1.27. The van der Waals surface area contributed by atoms with Gasteiger partial charge < -0.3 is 13.3 Å². The van der Waals surface area contributed by atoms with Crippen molar-refractivity contribution in [2.45, 2.75) is 20.8 Å². The maximum Gasteiger partial charge on any atom is 0.579 e. The van der Waals surface area contributed by atoms with Crippen LogP contribution in [0, 0.1) is 0 Å². The van der Waals surface area contributed by atoms with Gasteiger partial charge in [-0.25, -0.2) is 0 Å². The lowest BCUT2D eigenvalue weighted by Gasteiger charge is -2.27. The predicted molar refractivity (Wildman–Crippen MR) is 81.1 cm³/mol. The van der Waals surface area contributed by atoms with Crippen LogP contribution in [0.25, 0.3) is 5.57 Å². The van der Waals surface area contributed by atoms with Crippen LogP contribution in [0.1, 0.15) is 26.3 Å². The zero-order valence-electron chi connectivity index (χ0n) is 12.3. The number of carbonyl (C=O) groups excluding carboxylic acids is 1. The summed E-state index contributed by atoms with van der Waals surface area (Å²) < 4.78 is 16.8. The van der Waals surface area contributed by atoms with Gasteiger partial charge in [-0.05, 0) is 26.3 Å². The second kappa shape index (κ2) is 8.11. The molecule has 0 aliphatic heterocycles. The Morgan fingerprint density at radius 1 is 1.00 bits per heavy atom. The molecule has 0 aliphatic rings. The fourth-order valence-corrected chi connectivity index (χ4v) is 4.14. The van der Waals surface area contributed by atoms with Crippen molar-refractivity contribution in [2.75, 3.05) is 19.8 Å². The highest BCUT2D eigenvalue weighted by molar-refractivity contribution is 6.98. The summed E-state index contributed by atoms with van der Waals surface area (Å²) in [5.74, 6) is 0. The lowest BCUT2D eigenvalue weighted by molar-refractivity contribution is -0.114. The van der Waals surface area contributed by atoms with Gasteiger partial charge in [0.25, 0.3) is 0 Å². The third-order valence-corrected chi connectivity index (χ3v) is 5.54. The molecule has 0 heterocycles. The molecule has 0 amide bonds. The molecule has 20 heavy (non-hydrogen) atoms. The predicted octanol–water partition coefficient (Wildman–Crippen LogP) is 2.86. The van der Waals surface area contributed by atoms with Crippen LogP contribution in [-0.4, -0.2) is 34.0 Å². The SMILES string of the molecule is C=C(C(=O)[Si](OCC)(OCC)OCC)c1ccccc1. The van der Waals surface area contributed by atoms with E-state index in [1.165, 1.54) is 0 Å². The first-order valence-electron chi connectivity index (χ1n) is 6.82. The molecule has 0 saturated heterocycles. The number of hydrogen-bond donors (Lipinski definition) is 0. The molecule has 4 nitrogen and oxygen atoms in total. The summed E-state index contributed by atoms with van der Waals surface area (Å²) in [5.41, 5.74) is 1.13. The molecule has 1 aromatic rings. The zero-order valence-corrected chi connectivity index (χ0v) is 13.3. The summed E-state index contributed by atoms with van der Waals surface area (Å²) in [4.78, 5) is 12.7. The largest absolute Gasteiger partial charge is 0.579 e. The Balaban J connectivity index is 3.06. The minimum Gasteiger partial charge on any atom is -0.368 e. The molecule has 0 atom stereocenters. The zero-order chi connectivity index (χ0) is 15.0. The van der Waals surface area contributed by atoms with Crippen molar-refractivity contribution in [3.05, 3.63) is 42.5 Å². The van der Waals surface area contributed by atoms with Crippen LogP contribution < -0.4 is 0 Å². The van der Waals surface area contributed by atoms with Gasteiger partial charge in [0.2, 0.25) is 5.41 Å². The van der Waals surface area contributed by atoms with Crippen molar-refractivity contribution in [3.63, 3.8) is 0 Å². The van der Waals surface area contributed by atoms with Gasteiger partial charge >= 0.3 is 8.80 Å². The molecule has 0 spiro atoms. The van der Waals surface area contributed by atoms with Gasteiger partial charge in [0.05, 0.1) is 0 Å². The van der Waals surface area contributed by atoms with E-state index >= 15 is 0 Å². The molecule has 5 heteroatoms. The Morgan fingerprint density at radius 3 is 1.85 bits per heavy atom. The number of hydrogen-bond acceptors (Lipinski definition) is 4. The van der Waals surface area contributed by atoms with Crippen molar-refractivity contribution in [1.29, 1.82) is 0 Å². The quantitative estimate of drug-likeness (QED) is 0.519. The van der Waals surface area contributed by atoms with Gasteiger partial charge in [0.15, 0.2) is 0 Å². The fourth-order valence-electron chi connectivity index (χ4n) is 1.85. The van der Waals surface area contributed by atoms with Crippen molar-refractivity contribution in [1.82, 2.24) is 0 Å². The van der Waals surface area contributed by atoms with Crippen LogP contribution in [0.2, 0.25) is 0 Å². The lowest BCUT2D eigenvalue weighted by atomic mass is 10.1. The minimum absolute atomic E-state index is 0.269. The van der Waals surface area contributed by atoms with Crippen molar-refractivity contribution in [3.8, 4) is 0 Å². The Labute approximate surface area is 121 Å². The highest BCUT2D eigenvalue weighted by Crippen LogP contribution is 2.22. The monoisotopic (exact) mass is 294 g/mol. The van der Waals surface area contributed by atoms with Crippen LogP contribution in [-0.2, 0) is 18.1 Å². The highest BCUT2D eigenvalue weighted by atomic mass is 28.4. The standard InChI is InChI=1S/C15H22O4Si/c1-5-17-20(18-6-2,19-7-3)15(16)13(4)14-11-9-8-10-12-14/h8-12H,4-7H2,1-3H3. The van der Waals surface area contributed by atoms with Gasteiger partial charge in [-0.2, -0.15) is 0 Å². The summed E-state index contributed by atoms with van der Waals surface area (Å²) in [6.45, 7) is 10.4. The molecular weight excluding hydrogens is 272 g/mol. The molecule has 0 N–H and O–H groups in total. The maximum absolute atomic E-state index is 12.7. The average molecular weight is 294 g/mol. The summed E-state index contributed by atoms with van der Waals surface area (Å²) in [6.07, 6.45) is 0. The number of benzene rings is 1. The summed E-state index contributed by atoms with van der Waals surface area (Å²) in [6, 6.07) is 9.28. The van der Waals surface area contributed by atoms with Crippen LogP contribution >= 0.6 is 0 Å². The number of rotatable bonds is 9. The van der Waals surface area contributed by atoms with E-state index in [4.69, 9.17) is 13.3 Å². The van der Waals surface area contributed by atoms with Gasteiger partial charge in [-0.1, -0.05) is 36.9 Å². The molecule has 0 saturated carbocycles. The first-order valence-corrected chi connectivity index (χ1v) is 8.54. The molecular formula is C15H22O4Si. The van der Waals surface area contributed by atoms with E-state index in [1.54, 1.807) is 0 Å². The van der Waals surface area contributed by atoms with E-state index in [0.717, 1.165) is 5.56 Å². The third kappa shape index (κ3) is 3.86. The number of carbonyl (C=O) groups is 1. The van der Waals surface area contributed by atoms with Crippen LogP contribution in [0.15, 0.2) is 36.9 Å². The van der Waals surface area contributed by atoms with Gasteiger partial charge in [-0.3, -0.25) is 4.79 Å².